The summed E-state index contributed by atoms with van der Waals surface area (Å²) in [5.41, 5.74) is -0.0751. The van der Waals surface area contributed by atoms with Crippen molar-refractivity contribution in [1.29, 1.82) is 0 Å². The van der Waals surface area contributed by atoms with E-state index in [1.807, 2.05) is 0 Å². The van der Waals surface area contributed by atoms with Crippen LogP contribution in [0.1, 0.15) is 23.2 Å². The zero-order chi connectivity index (χ0) is 22.5. The second-order valence-electron chi connectivity index (χ2n) is 7.09. The number of nitrogens with one attached hydrogen (secondary N) is 2. The van der Waals surface area contributed by atoms with Gasteiger partial charge < -0.3 is 15.5 Å². The molecule has 6 nitrogen and oxygen atoms in total. The Hall–Kier alpha value is -3.07. The second kappa shape index (κ2) is 9.82. The van der Waals surface area contributed by atoms with Gasteiger partial charge in [-0.15, -0.1) is 0 Å². The number of rotatable bonds is 5. The molecule has 2 aromatic carbocycles. The molecule has 0 radical (unpaired) electrons. The number of carbonyl (C=O) groups excluding carboxylic acids is 3. The summed E-state index contributed by atoms with van der Waals surface area (Å²) in [5, 5.41) is 5.02. The maximum absolute atomic E-state index is 13.6. The summed E-state index contributed by atoms with van der Waals surface area (Å²) < 4.78 is 39.8. The lowest BCUT2D eigenvalue weighted by atomic mass is 9.96. The van der Waals surface area contributed by atoms with Crippen molar-refractivity contribution >= 4 is 35.0 Å². The molecule has 1 heterocycles. The predicted octanol–water partition coefficient (Wildman–Crippen LogP) is 3.36. The van der Waals surface area contributed by atoms with Gasteiger partial charge in [0.1, 0.15) is 0 Å². The number of amides is 3. The number of benzene rings is 2. The number of halogens is 4. The first-order valence-corrected chi connectivity index (χ1v) is 9.90. The van der Waals surface area contributed by atoms with Crippen LogP contribution in [0, 0.1) is 23.4 Å². The molecule has 0 aromatic heterocycles. The first-order chi connectivity index (χ1) is 14.8. The van der Waals surface area contributed by atoms with Crippen LogP contribution in [0.2, 0.25) is 5.02 Å². The monoisotopic (exact) mass is 453 g/mol. The van der Waals surface area contributed by atoms with Gasteiger partial charge in [0.05, 0.1) is 18.2 Å². The van der Waals surface area contributed by atoms with Crippen LogP contribution in [-0.4, -0.2) is 42.3 Å². The van der Waals surface area contributed by atoms with Crippen molar-refractivity contribution in [2.75, 3.05) is 25.0 Å². The SMILES string of the molecule is O=C(CNC(=O)C1CCCN(C(=O)c2ccc(Cl)cc2)C1)Nc1ccc(F)c(F)c1F. The Balaban J connectivity index is 1.53. The number of nitrogens with zero attached hydrogens (tertiary/aromatic N) is 1. The molecular formula is C21H19ClF3N3O3. The smallest absolute Gasteiger partial charge is 0.253 e. The van der Waals surface area contributed by atoms with Crippen LogP contribution in [0.3, 0.4) is 0 Å². The number of likely N-dealkylation sites (tertiary alicyclic amines) is 1. The summed E-state index contributed by atoms with van der Waals surface area (Å²) in [6, 6.07) is 8.00. The molecule has 3 rings (SSSR count). The third-order valence-corrected chi connectivity index (χ3v) is 5.15. The molecule has 1 aliphatic rings. The third kappa shape index (κ3) is 5.55. The van der Waals surface area contributed by atoms with Crippen molar-refractivity contribution < 1.29 is 27.6 Å². The summed E-state index contributed by atoms with van der Waals surface area (Å²) in [7, 11) is 0. The summed E-state index contributed by atoms with van der Waals surface area (Å²) >= 11 is 5.83. The van der Waals surface area contributed by atoms with Crippen molar-refractivity contribution in [3.63, 3.8) is 0 Å². The van der Waals surface area contributed by atoms with Crippen LogP contribution >= 0.6 is 11.6 Å². The van der Waals surface area contributed by atoms with Crippen LogP contribution in [0.4, 0.5) is 18.9 Å². The van der Waals surface area contributed by atoms with Crippen molar-refractivity contribution in [2.24, 2.45) is 5.92 Å². The highest BCUT2D eigenvalue weighted by molar-refractivity contribution is 6.30. The first kappa shape index (κ1) is 22.6. The van der Waals surface area contributed by atoms with E-state index in [0.717, 1.165) is 6.07 Å². The highest BCUT2D eigenvalue weighted by Gasteiger charge is 2.29. The quantitative estimate of drug-likeness (QED) is 0.681. The maximum Gasteiger partial charge on any atom is 0.253 e. The van der Waals surface area contributed by atoms with Gasteiger partial charge in [0.2, 0.25) is 11.8 Å². The molecule has 1 unspecified atom stereocenters. The maximum atomic E-state index is 13.6. The lowest BCUT2D eigenvalue weighted by Crippen LogP contribution is -2.46. The van der Waals surface area contributed by atoms with Crippen molar-refractivity contribution in [2.45, 2.75) is 12.8 Å². The molecule has 0 bridgehead atoms. The minimum absolute atomic E-state index is 0.187. The Kier molecular flexibility index (Phi) is 7.17. The minimum Gasteiger partial charge on any atom is -0.347 e. The number of carbonyl (C=O) groups is 3. The number of anilines is 1. The summed E-state index contributed by atoms with van der Waals surface area (Å²) in [6.45, 7) is 0.201. The second-order valence-corrected chi connectivity index (χ2v) is 7.52. The Labute approximate surface area is 181 Å². The first-order valence-electron chi connectivity index (χ1n) is 9.52. The Morgan fingerprint density at radius 1 is 1.03 bits per heavy atom. The number of piperidine rings is 1. The average Bonchev–Trinajstić information content (AvgIpc) is 2.78. The normalized spacial score (nSPS) is 16.0. The van der Waals surface area contributed by atoms with Gasteiger partial charge in [0, 0.05) is 23.7 Å². The van der Waals surface area contributed by atoms with Crippen LogP contribution in [0.25, 0.3) is 0 Å². The molecule has 0 saturated carbocycles. The summed E-state index contributed by atoms with van der Waals surface area (Å²) in [4.78, 5) is 38.6. The fourth-order valence-corrected chi connectivity index (χ4v) is 3.41. The van der Waals surface area contributed by atoms with Gasteiger partial charge in [-0.2, -0.15) is 0 Å². The molecule has 2 aromatic rings. The van der Waals surface area contributed by atoms with Gasteiger partial charge in [0.25, 0.3) is 5.91 Å². The number of hydrogen-bond donors (Lipinski definition) is 2. The van der Waals surface area contributed by atoms with Gasteiger partial charge in [0.15, 0.2) is 17.5 Å². The molecule has 164 valence electrons. The van der Waals surface area contributed by atoms with Crippen molar-refractivity contribution in [3.8, 4) is 0 Å². The number of hydrogen-bond acceptors (Lipinski definition) is 3. The minimum atomic E-state index is -1.70. The molecule has 2 N–H and O–H groups in total. The van der Waals surface area contributed by atoms with E-state index in [9.17, 15) is 27.6 Å². The van der Waals surface area contributed by atoms with Crippen LogP contribution in [-0.2, 0) is 9.59 Å². The molecule has 1 fully saturated rings. The molecule has 10 heteroatoms. The van der Waals surface area contributed by atoms with E-state index in [2.05, 4.69) is 10.6 Å². The lowest BCUT2D eigenvalue weighted by molar-refractivity contribution is -0.128. The van der Waals surface area contributed by atoms with Crippen LogP contribution in [0.15, 0.2) is 36.4 Å². The van der Waals surface area contributed by atoms with E-state index in [-0.39, 0.29) is 12.5 Å². The molecule has 0 spiro atoms. The molecule has 1 aliphatic heterocycles. The predicted molar refractivity (Wildman–Crippen MR) is 108 cm³/mol. The average molecular weight is 454 g/mol. The zero-order valence-corrected chi connectivity index (χ0v) is 17.0. The molecule has 3 amide bonds. The lowest BCUT2D eigenvalue weighted by Gasteiger charge is -2.32. The largest absolute Gasteiger partial charge is 0.347 e. The van der Waals surface area contributed by atoms with E-state index in [1.165, 1.54) is 0 Å². The van der Waals surface area contributed by atoms with Crippen LogP contribution in [0.5, 0.6) is 0 Å². The van der Waals surface area contributed by atoms with Gasteiger partial charge >= 0.3 is 0 Å². The van der Waals surface area contributed by atoms with E-state index >= 15 is 0 Å². The Morgan fingerprint density at radius 3 is 2.45 bits per heavy atom. The van der Waals surface area contributed by atoms with Gasteiger partial charge in [-0.25, -0.2) is 13.2 Å². The zero-order valence-electron chi connectivity index (χ0n) is 16.3. The van der Waals surface area contributed by atoms with E-state index in [1.54, 1.807) is 29.2 Å². The van der Waals surface area contributed by atoms with Gasteiger partial charge in [-0.05, 0) is 49.2 Å². The molecular weight excluding hydrogens is 435 g/mol. The highest BCUT2D eigenvalue weighted by atomic mass is 35.5. The van der Waals surface area contributed by atoms with Gasteiger partial charge in [-0.1, -0.05) is 11.6 Å². The standard InChI is InChI=1S/C21H19ClF3N3O3/c22-14-5-3-12(4-6-14)21(31)28-9-1-2-13(11-28)20(30)26-10-17(29)27-16-8-7-15(23)18(24)19(16)25/h3-8,13H,1-2,9-11H2,(H,26,30)(H,27,29). The van der Waals surface area contributed by atoms with Crippen molar-refractivity contribution in [1.82, 2.24) is 10.2 Å². The summed E-state index contributed by atoms with van der Waals surface area (Å²) in [5.74, 6) is -6.58. The fourth-order valence-electron chi connectivity index (χ4n) is 3.28. The molecule has 0 aliphatic carbocycles. The fraction of sp³-hybridized carbons (Fsp3) is 0.286. The molecule has 31 heavy (non-hydrogen) atoms. The van der Waals surface area contributed by atoms with Crippen molar-refractivity contribution in [3.05, 3.63) is 64.4 Å². The third-order valence-electron chi connectivity index (χ3n) is 4.90. The molecule has 1 saturated heterocycles. The Morgan fingerprint density at radius 2 is 1.74 bits per heavy atom. The topological polar surface area (TPSA) is 78.5 Å². The Bertz CT molecular complexity index is 1000. The van der Waals surface area contributed by atoms with E-state index < -0.39 is 47.4 Å². The molecule has 1 atom stereocenters. The van der Waals surface area contributed by atoms with E-state index in [4.69, 9.17) is 11.6 Å². The highest BCUT2D eigenvalue weighted by Crippen LogP contribution is 2.21. The van der Waals surface area contributed by atoms with E-state index in [0.29, 0.717) is 36.0 Å². The van der Waals surface area contributed by atoms with Crippen LogP contribution < -0.4 is 10.6 Å². The summed E-state index contributed by atoms with van der Waals surface area (Å²) in [6.07, 6.45) is 1.15. The van der Waals surface area contributed by atoms with Gasteiger partial charge in [-0.3, -0.25) is 14.4 Å².